The topological polar surface area (TPSA) is 58.4 Å². The number of hydrogen-bond acceptors (Lipinski definition) is 4. The number of carbonyl (C=O) groups is 1. The molecule has 1 fully saturated rings. The first-order chi connectivity index (χ1) is 16.9. The summed E-state index contributed by atoms with van der Waals surface area (Å²) in [6.07, 6.45) is 0. The molecule has 0 bridgehead atoms. The maximum Gasteiger partial charge on any atom is 0.266 e. The summed E-state index contributed by atoms with van der Waals surface area (Å²) in [6, 6.07) is 22.6. The van der Waals surface area contributed by atoms with Crippen LogP contribution in [0.25, 0.3) is 16.6 Å². The molecule has 1 saturated heterocycles. The highest BCUT2D eigenvalue weighted by molar-refractivity contribution is 9.10. The summed E-state index contributed by atoms with van der Waals surface area (Å²) in [5.74, 6) is 0.733. The third-order valence-electron chi connectivity index (χ3n) is 6.48. The van der Waals surface area contributed by atoms with Crippen LogP contribution in [0.15, 0.2) is 86.5 Å². The molecule has 0 spiro atoms. The molecule has 1 amide bonds. The molecule has 0 N–H and O–H groups in total. The van der Waals surface area contributed by atoms with Crippen LogP contribution in [-0.2, 0) is 0 Å². The van der Waals surface area contributed by atoms with E-state index in [1.807, 2.05) is 77.7 Å². The Morgan fingerprint density at radius 2 is 1.60 bits per heavy atom. The quantitative estimate of drug-likeness (QED) is 0.316. The predicted molar refractivity (Wildman–Crippen MR) is 145 cm³/mol. The van der Waals surface area contributed by atoms with Gasteiger partial charge in [0.2, 0.25) is 0 Å². The Morgan fingerprint density at radius 1 is 0.886 bits per heavy atom. The fourth-order valence-electron chi connectivity index (χ4n) is 4.55. The van der Waals surface area contributed by atoms with Crippen molar-refractivity contribution in [3.63, 3.8) is 0 Å². The zero-order chi connectivity index (χ0) is 24.5. The standard InChI is InChI=1S/C27H24Br2N4O2/c1-18(31-13-15-32(16-14-31)26(34)19-5-4-6-21(29)17-19)25-30-24-8-3-2-7-23(24)27(35)33(25)22-11-9-20(28)10-12-22/h2-12,17-18H,13-16H2,1H3. The van der Waals surface area contributed by atoms with E-state index in [4.69, 9.17) is 4.98 Å². The second-order valence-electron chi connectivity index (χ2n) is 8.62. The minimum absolute atomic E-state index is 0.0363. The van der Waals surface area contributed by atoms with Gasteiger partial charge in [-0.25, -0.2) is 4.98 Å². The van der Waals surface area contributed by atoms with Gasteiger partial charge >= 0.3 is 0 Å². The van der Waals surface area contributed by atoms with Crippen molar-refractivity contribution in [2.75, 3.05) is 26.2 Å². The lowest BCUT2D eigenvalue weighted by Gasteiger charge is -2.38. The van der Waals surface area contributed by atoms with Gasteiger partial charge in [-0.2, -0.15) is 0 Å². The molecule has 4 aromatic rings. The SMILES string of the molecule is CC(c1nc2ccccc2c(=O)n1-c1ccc(Br)cc1)N1CCN(C(=O)c2cccc(Br)c2)CC1. The third kappa shape index (κ3) is 4.83. The first-order valence-corrected chi connectivity index (χ1v) is 13.1. The Kier molecular flexibility index (Phi) is 6.86. The van der Waals surface area contributed by atoms with Crippen LogP contribution >= 0.6 is 31.9 Å². The van der Waals surface area contributed by atoms with Crippen LogP contribution in [0, 0.1) is 0 Å². The molecule has 2 heterocycles. The van der Waals surface area contributed by atoms with E-state index < -0.39 is 0 Å². The van der Waals surface area contributed by atoms with Crippen LogP contribution in [-0.4, -0.2) is 51.4 Å². The molecule has 1 aromatic heterocycles. The number of halogens is 2. The van der Waals surface area contributed by atoms with E-state index in [-0.39, 0.29) is 17.5 Å². The van der Waals surface area contributed by atoms with Gasteiger partial charge in [0.1, 0.15) is 5.82 Å². The second kappa shape index (κ2) is 10.0. The molecule has 8 heteroatoms. The van der Waals surface area contributed by atoms with Gasteiger partial charge in [-0.05, 0) is 61.5 Å². The number of piperazine rings is 1. The molecule has 35 heavy (non-hydrogen) atoms. The lowest BCUT2D eigenvalue weighted by molar-refractivity contribution is 0.0573. The van der Waals surface area contributed by atoms with Crippen LogP contribution in [0.3, 0.4) is 0 Å². The minimum Gasteiger partial charge on any atom is -0.336 e. The van der Waals surface area contributed by atoms with Crippen molar-refractivity contribution in [1.82, 2.24) is 19.4 Å². The molecule has 0 aliphatic carbocycles. The van der Waals surface area contributed by atoms with Crippen molar-refractivity contribution in [3.05, 3.63) is 103 Å². The van der Waals surface area contributed by atoms with Crippen molar-refractivity contribution < 1.29 is 4.79 Å². The Bertz CT molecular complexity index is 1440. The molecule has 1 aliphatic rings. The summed E-state index contributed by atoms with van der Waals surface area (Å²) >= 11 is 6.92. The van der Waals surface area contributed by atoms with Crippen LogP contribution in [0.5, 0.6) is 0 Å². The van der Waals surface area contributed by atoms with Crippen molar-refractivity contribution in [2.45, 2.75) is 13.0 Å². The van der Waals surface area contributed by atoms with Crippen molar-refractivity contribution in [2.24, 2.45) is 0 Å². The summed E-state index contributed by atoms with van der Waals surface area (Å²) in [6.45, 7) is 4.71. The lowest BCUT2D eigenvalue weighted by Crippen LogP contribution is -2.50. The summed E-state index contributed by atoms with van der Waals surface area (Å²) in [5, 5.41) is 0.593. The number of rotatable bonds is 4. The van der Waals surface area contributed by atoms with Gasteiger partial charge in [-0.3, -0.25) is 19.1 Å². The Labute approximate surface area is 220 Å². The molecular formula is C27H24Br2N4O2. The molecular weight excluding hydrogens is 572 g/mol. The molecule has 1 unspecified atom stereocenters. The summed E-state index contributed by atoms with van der Waals surface area (Å²) in [4.78, 5) is 35.7. The first kappa shape index (κ1) is 23.9. The molecule has 6 nitrogen and oxygen atoms in total. The molecule has 0 radical (unpaired) electrons. The predicted octanol–water partition coefficient (Wildman–Crippen LogP) is 5.43. The molecule has 0 saturated carbocycles. The van der Waals surface area contributed by atoms with E-state index in [2.05, 4.69) is 43.7 Å². The number of benzene rings is 3. The average Bonchev–Trinajstić information content (AvgIpc) is 2.88. The summed E-state index contributed by atoms with van der Waals surface area (Å²) in [7, 11) is 0. The fourth-order valence-corrected chi connectivity index (χ4v) is 5.21. The van der Waals surface area contributed by atoms with Gasteiger partial charge in [0, 0.05) is 40.7 Å². The van der Waals surface area contributed by atoms with Crippen molar-refractivity contribution in [1.29, 1.82) is 0 Å². The highest BCUT2D eigenvalue weighted by Crippen LogP contribution is 2.25. The van der Waals surface area contributed by atoms with Gasteiger partial charge in [0.15, 0.2) is 0 Å². The zero-order valence-electron chi connectivity index (χ0n) is 19.2. The number of fused-ring (bicyclic) bond motifs is 1. The highest BCUT2D eigenvalue weighted by Gasteiger charge is 2.28. The molecule has 1 aliphatic heterocycles. The Morgan fingerprint density at radius 3 is 2.31 bits per heavy atom. The molecule has 5 rings (SSSR count). The van der Waals surface area contributed by atoms with E-state index in [0.717, 1.165) is 14.6 Å². The number of nitrogens with zero attached hydrogens (tertiary/aromatic N) is 4. The highest BCUT2D eigenvalue weighted by atomic mass is 79.9. The lowest BCUT2D eigenvalue weighted by atomic mass is 10.1. The minimum atomic E-state index is -0.112. The van der Waals surface area contributed by atoms with E-state index in [1.54, 1.807) is 4.57 Å². The largest absolute Gasteiger partial charge is 0.336 e. The van der Waals surface area contributed by atoms with Crippen LogP contribution in [0.1, 0.15) is 29.1 Å². The second-order valence-corrected chi connectivity index (χ2v) is 10.4. The van der Waals surface area contributed by atoms with Gasteiger partial charge < -0.3 is 4.90 Å². The van der Waals surface area contributed by atoms with Gasteiger partial charge in [-0.1, -0.05) is 50.1 Å². The average molecular weight is 596 g/mol. The fraction of sp³-hybridized carbons (Fsp3) is 0.222. The molecule has 1 atom stereocenters. The van der Waals surface area contributed by atoms with Gasteiger partial charge in [0.05, 0.1) is 22.6 Å². The molecule has 3 aromatic carbocycles. The first-order valence-electron chi connectivity index (χ1n) is 11.5. The number of hydrogen-bond donors (Lipinski definition) is 0. The van der Waals surface area contributed by atoms with Gasteiger partial charge in [0.25, 0.3) is 11.5 Å². The van der Waals surface area contributed by atoms with Crippen molar-refractivity contribution >= 4 is 48.7 Å². The van der Waals surface area contributed by atoms with E-state index in [1.165, 1.54) is 0 Å². The van der Waals surface area contributed by atoms with E-state index >= 15 is 0 Å². The van der Waals surface area contributed by atoms with E-state index in [9.17, 15) is 9.59 Å². The van der Waals surface area contributed by atoms with Crippen molar-refractivity contribution in [3.8, 4) is 5.69 Å². The zero-order valence-corrected chi connectivity index (χ0v) is 22.4. The summed E-state index contributed by atoms with van der Waals surface area (Å²) in [5.41, 5.74) is 2.07. The number of carbonyl (C=O) groups excluding carboxylic acids is 1. The number of para-hydroxylation sites is 1. The molecule has 178 valence electrons. The monoisotopic (exact) mass is 594 g/mol. The number of amides is 1. The van der Waals surface area contributed by atoms with Crippen LogP contribution in [0.4, 0.5) is 0 Å². The van der Waals surface area contributed by atoms with Gasteiger partial charge in [-0.15, -0.1) is 0 Å². The normalized spacial score (nSPS) is 15.3. The maximum absolute atomic E-state index is 13.6. The maximum atomic E-state index is 13.6. The van der Waals surface area contributed by atoms with E-state index in [0.29, 0.717) is 48.5 Å². The Hall–Kier alpha value is -2.81. The van der Waals surface area contributed by atoms with Crippen LogP contribution < -0.4 is 5.56 Å². The Balaban J connectivity index is 1.44. The van der Waals surface area contributed by atoms with Crippen LogP contribution in [0.2, 0.25) is 0 Å². The third-order valence-corrected chi connectivity index (χ3v) is 7.50. The number of aromatic nitrogens is 2. The smallest absolute Gasteiger partial charge is 0.266 e. The summed E-state index contributed by atoms with van der Waals surface area (Å²) < 4.78 is 3.56.